The van der Waals surface area contributed by atoms with Gasteiger partial charge in [0.1, 0.15) is 0 Å². The van der Waals surface area contributed by atoms with Gasteiger partial charge in [0.15, 0.2) is 0 Å². The first-order valence-corrected chi connectivity index (χ1v) is 10.7. The van der Waals surface area contributed by atoms with Crippen molar-refractivity contribution >= 4 is 34.6 Å². The Bertz CT molecular complexity index is 983. The van der Waals surface area contributed by atoms with E-state index in [-0.39, 0.29) is 5.57 Å². The fraction of sp³-hybridized carbons (Fsp3) is 0.381. The largest absolute Gasteiger partial charge is 0.868 e. The summed E-state index contributed by atoms with van der Waals surface area (Å²) in [7, 11) is 4.06. The summed E-state index contributed by atoms with van der Waals surface area (Å²) in [4.78, 5) is 33.6. The predicted octanol–water partition coefficient (Wildman–Crippen LogP) is 1.33. The molecule has 2 aromatic rings. The molecule has 154 valence electrons. The van der Waals surface area contributed by atoms with Crippen LogP contribution in [0, 0.1) is 13.8 Å². The monoisotopic (exact) mass is 433 g/mol. The summed E-state index contributed by atoms with van der Waals surface area (Å²) in [6.45, 7) is 4.79. The molecular weight excluding hydrogens is 410 g/mol. The zero-order chi connectivity index (χ0) is 21.3. The van der Waals surface area contributed by atoms with Crippen LogP contribution >= 0.6 is 22.9 Å². The highest BCUT2D eigenvalue weighted by atomic mass is 35.5. The molecule has 3 rings (SSSR count). The number of halogens is 1. The number of ketones is 1. The Morgan fingerprint density at radius 1 is 1.34 bits per heavy atom. The number of amides is 1. The molecule has 0 radical (unpaired) electrons. The zero-order valence-electron chi connectivity index (χ0n) is 16.9. The molecule has 1 aliphatic heterocycles. The molecule has 6 nitrogen and oxygen atoms in total. The third-order valence-electron chi connectivity index (χ3n) is 4.88. The van der Waals surface area contributed by atoms with Gasteiger partial charge in [-0.15, -0.1) is 11.3 Å². The first-order chi connectivity index (χ1) is 13.7. The van der Waals surface area contributed by atoms with E-state index in [2.05, 4.69) is 4.98 Å². The zero-order valence-corrected chi connectivity index (χ0v) is 18.5. The third kappa shape index (κ3) is 4.37. The van der Waals surface area contributed by atoms with Crippen LogP contribution in [0.3, 0.4) is 0 Å². The van der Waals surface area contributed by atoms with Gasteiger partial charge in [0, 0.05) is 23.6 Å². The lowest BCUT2D eigenvalue weighted by molar-refractivity contribution is -0.858. The summed E-state index contributed by atoms with van der Waals surface area (Å²) in [5, 5.41) is 14.1. The molecule has 1 aromatic carbocycles. The van der Waals surface area contributed by atoms with Crippen LogP contribution in [0.4, 0.5) is 0 Å². The standard InChI is InChI=1S/C21H24ClN3O3S/c1-12-20(29-13(2)23-12)18(26)16-17(14-7-5-8-15(22)11-14)25(21(28)19(16)27)10-6-9-24(3)4/h5,7-8,11,17,27H,6,9-10H2,1-4H3. The fourth-order valence-electron chi connectivity index (χ4n) is 3.59. The number of nitrogens with one attached hydrogen (secondary N) is 1. The summed E-state index contributed by atoms with van der Waals surface area (Å²) >= 11 is 7.41. The Labute approximate surface area is 179 Å². The molecule has 1 N–H and O–H groups in total. The van der Waals surface area contributed by atoms with Gasteiger partial charge in [-0.3, -0.25) is 9.59 Å². The van der Waals surface area contributed by atoms with Crippen molar-refractivity contribution in [2.24, 2.45) is 0 Å². The number of carbonyl (C=O) groups is 2. The van der Waals surface area contributed by atoms with Crippen LogP contribution in [0.1, 0.15) is 38.4 Å². The number of benzene rings is 1. The lowest BCUT2D eigenvalue weighted by Gasteiger charge is -2.28. The molecule has 0 aliphatic carbocycles. The number of carbonyl (C=O) groups excluding carboxylic acids is 2. The van der Waals surface area contributed by atoms with Crippen molar-refractivity contribution in [3.05, 3.63) is 61.8 Å². The quantitative estimate of drug-likeness (QED) is 0.668. The second-order valence-electron chi connectivity index (χ2n) is 7.49. The summed E-state index contributed by atoms with van der Waals surface area (Å²) < 4.78 is 0. The number of aryl methyl sites for hydroxylation is 2. The van der Waals surface area contributed by atoms with Gasteiger partial charge in [-0.25, -0.2) is 4.98 Å². The van der Waals surface area contributed by atoms with Gasteiger partial charge in [0.25, 0.3) is 0 Å². The molecule has 8 heteroatoms. The Morgan fingerprint density at radius 3 is 2.66 bits per heavy atom. The van der Waals surface area contributed by atoms with Crippen molar-refractivity contribution in [3.8, 4) is 0 Å². The van der Waals surface area contributed by atoms with E-state index in [1.54, 1.807) is 31.2 Å². The molecule has 29 heavy (non-hydrogen) atoms. The molecule has 0 saturated carbocycles. The van der Waals surface area contributed by atoms with Crippen LogP contribution in [0.2, 0.25) is 5.02 Å². The number of thiazole rings is 1. The van der Waals surface area contributed by atoms with E-state index in [1.807, 2.05) is 21.0 Å². The molecule has 0 spiro atoms. The number of quaternary nitrogens is 1. The van der Waals surface area contributed by atoms with Crippen molar-refractivity contribution < 1.29 is 19.6 Å². The smallest absolute Gasteiger partial charge is 0.239 e. The average Bonchev–Trinajstić information content (AvgIpc) is 3.11. The molecule has 1 unspecified atom stereocenters. The van der Waals surface area contributed by atoms with Crippen molar-refractivity contribution in [1.82, 2.24) is 9.88 Å². The maximum atomic E-state index is 13.3. The molecule has 0 saturated heterocycles. The van der Waals surface area contributed by atoms with Crippen molar-refractivity contribution in [2.75, 3.05) is 27.2 Å². The minimum absolute atomic E-state index is 0.0128. The van der Waals surface area contributed by atoms with E-state index in [9.17, 15) is 14.7 Å². The van der Waals surface area contributed by atoms with E-state index in [0.717, 1.165) is 18.0 Å². The number of Topliss-reactive ketones (excluding diaryl/α,β-unsaturated/α-hetero) is 1. The van der Waals surface area contributed by atoms with E-state index >= 15 is 0 Å². The number of hydrogen-bond acceptors (Lipinski definition) is 5. The van der Waals surface area contributed by atoms with Gasteiger partial charge in [0.2, 0.25) is 11.7 Å². The van der Waals surface area contributed by atoms with Crippen LogP contribution in [0.15, 0.2) is 35.6 Å². The minimum Gasteiger partial charge on any atom is -0.868 e. The van der Waals surface area contributed by atoms with Crippen LogP contribution < -0.4 is 10.0 Å². The number of hydrogen-bond donors (Lipinski definition) is 1. The van der Waals surface area contributed by atoms with Gasteiger partial charge < -0.3 is 14.9 Å². The van der Waals surface area contributed by atoms with Gasteiger partial charge in [0.05, 0.1) is 42.3 Å². The van der Waals surface area contributed by atoms with Crippen molar-refractivity contribution in [3.63, 3.8) is 0 Å². The number of rotatable bonds is 7. The molecule has 2 heterocycles. The molecule has 1 atom stereocenters. The number of aromatic nitrogens is 1. The molecule has 0 fully saturated rings. The van der Waals surface area contributed by atoms with Crippen LogP contribution in [-0.2, 0) is 4.79 Å². The highest BCUT2D eigenvalue weighted by molar-refractivity contribution is 7.14. The first kappa shape index (κ1) is 21.5. The Hall–Kier alpha value is -2.22. The van der Waals surface area contributed by atoms with Crippen molar-refractivity contribution in [2.45, 2.75) is 26.3 Å². The molecule has 1 aliphatic rings. The van der Waals surface area contributed by atoms with Crippen LogP contribution in [0.25, 0.3) is 0 Å². The fourth-order valence-corrected chi connectivity index (χ4v) is 4.66. The SMILES string of the molecule is Cc1nc(C)c(C(=O)C2=C([O-])C(=O)N(CCC[NH+](C)C)C2c2cccc(Cl)c2)s1. The normalized spacial score (nSPS) is 17.0. The van der Waals surface area contributed by atoms with E-state index < -0.39 is 23.5 Å². The highest BCUT2D eigenvalue weighted by Crippen LogP contribution is 2.39. The van der Waals surface area contributed by atoms with E-state index in [0.29, 0.717) is 27.7 Å². The number of nitrogens with zero attached hydrogens (tertiary/aromatic N) is 2. The third-order valence-corrected chi connectivity index (χ3v) is 6.19. The van der Waals surface area contributed by atoms with E-state index in [1.165, 1.54) is 21.1 Å². The Kier molecular flexibility index (Phi) is 6.41. The lowest BCUT2D eigenvalue weighted by atomic mass is 9.95. The molecule has 0 bridgehead atoms. The first-order valence-electron chi connectivity index (χ1n) is 9.46. The summed E-state index contributed by atoms with van der Waals surface area (Å²) in [5.74, 6) is -1.79. The van der Waals surface area contributed by atoms with Crippen molar-refractivity contribution in [1.29, 1.82) is 0 Å². The minimum atomic E-state index is -0.736. The second kappa shape index (κ2) is 8.65. The van der Waals surface area contributed by atoms with Gasteiger partial charge >= 0.3 is 0 Å². The highest BCUT2D eigenvalue weighted by Gasteiger charge is 2.40. The average molecular weight is 434 g/mol. The van der Waals surface area contributed by atoms with E-state index in [4.69, 9.17) is 11.6 Å². The topological polar surface area (TPSA) is 77.8 Å². The van der Waals surface area contributed by atoms with Crippen LogP contribution in [-0.4, -0.2) is 48.8 Å². The summed E-state index contributed by atoms with van der Waals surface area (Å²) in [5.41, 5.74) is 1.22. The molecule has 1 aromatic heterocycles. The van der Waals surface area contributed by atoms with Gasteiger partial charge in [-0.2, -0.15) is 0 Å². The maximum absolute atomic E-state index is 13.3. The van der Waals surface area contributed by atoms with Crippen LogP contribution in [0.5, 0.6) is 0 Å². The Morgan fingerprint density at radius 2 is 2.07 bits per heavy atom. The lowest BCUT2D eigenvalue weighted by Crippen LogP contribution is -3.05. The van der Waals surface area contributed by atoms with Gasteiger partial charge in [-0.05, 0) is 37.3 Å². The Balaban J connectivity index is 2.05. The molecular formula is C21H24ClN3O3S. The predicted molar refractivity (Wildman–Crippen MR) is 111 cm³/mol. The summed E-state index contributed by atoms with van der Waals surface area (Å²) in [6, 6.07) is 6.25. The maximum Gasteiger partial charge on any atom is 0.239 e. The summed E-state index contributed by atoms with van der Waals surface area (Å²) in [6.07, 6.45) is 0.721. The second-order valence-corrected chi connectivity index (χ2v) is 9.13. The molecule has 1 amide bonds. The van der Waals surface area contributed by atoms with Gasteiger partial charge in [-0.1, -0.05) is 23.7 Å².